The number of amides is 1. The van der Waals surface area contributed by atoms with Crippen molar-refractivity contribution in [2.75, 3.05) is 11.4 Å². The summed E-state index contributed by atoms with van der Waals surface area (Å²) >= 11 is 0. The number of nitrogens with zero attached hydrogens (tertiary/aromatic N) is 1. The van der Waals surface area contributed by atoms with Crippen LogP contribution in [-0.2, 0) is 9.53 Å². The Morgan fingerprint density at radius 2 is 2.00 bits per heavy atom. The van der Waals surface area contributed by atoms with Crippen LogP contribution in [0.25, 0.3) is 0 Å². The lowest BCUT2D eigenvalue weighted by molar-refractivity contribution is -0.135. The van der Waals surface area contributed by atoms with Crippen LogP contribution in [0.3, 0.4) is 0 Å². The van der Waals surface area contributed by atoms with Crippen molar-refractivity contribution in [3.63, 3.8) is 0 Å². The first-order valence-electron chi connectivity index (χ1n) is 6.13. The largest absolute Gasteiger partial charge is 0.480 e. The Hall–Kier alpha value is -2.04. The molecule has 0 bridgehead atoms. The average molecular weight is 252 g/mol. The Morgan fingerprint density at radius 3 is 2.50 bits per heavy atom. The predicted molar refractivity (Wildman–Crippen MR) is 67.7 cm³/mol. The van der Waals surface area contributed by atoms with Crippen LogP contribution in [0.5, 0.6) is 0 Å². The fourth-order valence-corrected chi connectivity index (χ4v) is 1.30. The molecule has 0 aromatic heterocycles. The number of rotatable bonds is 3. The Kier molecular flexibility index (Phi) is 3.82. The maximum Gasteiger partial charge on any atom is 0.415 e. The lowest BCUT2D eigenvalue weighted by atomic mass is 10.2. The summed E-state index contributed by atoms with van der Waals surface area (Å²) in [6.07, 6.45) is -0.772. The third-order valence-electron chi connectivity index (χ3n) is 1.95. The van der Waals surface area contributed by atoms with Crippen molar-refractivity contribution < 1.29 is 20.8 Å². The highest BCUT2D eigenvalue weighted by molar-refractivity contribution is 5.93. The van der Waals surface area contributed by atoms with Gasteiger partial charge in [0.25, 0.3) is 0 Å². The first kappa shape index (κ1) is 12.4. The number of anilines is 1. The Bertz CT molecular complexity index is 447. The smallest absolute Gasteiger partial charge is 0.415 e. The van der Waals surface area contributed by atoms with E-state index < -0.39 is 24.2 Å². The minimum absolute atomic E-state index is 0.103. The number of hydrogen-bond donors (Lipinski definition) is 1. The maximum atomic E-state index is 12.0. The van der Waals surface area contributed by atoms with Crippen molar-refractivity contribution in [1.82, 2.24) is 0 Å². The van der Waals surface area contributed by atoms with Crippen LogP contribution in [0.2, 0.25) is 0 Å². The van der Waals surface area contributed by atoms with Crippen LogP contribution in [0.15, 0.2) is 30.3 Å². The Labute approximate surface area is 107 Å². The number of hydrogen-bond acceptors (Lipinski definition) is 3. The highest BCUT2D eigenvalue weighted by atomic mass is 16.6. The molecule has 0 atom stereocenters. The number of carboxylic acid groups (broad SMARTS) is 1. The monoisotopic (exact) mass is 252 g/mol. The number of benzene rings is 1. The van der Waals surface area contributed by atoms with Crippen molar-refractivity contribution in [1.29, 1.82) is 0 Å². The van der Waals surface area contributed by atoms with E-state index >= 15 is 0 Å². The van der Waals surface area contributed by atoms with Gasteiger partial charge in [0.1, 0.15) is 12.1 Å². The van der Waals surface area contributed by atoms with Gasteiger partial charge in [0.15, 0.2) is 0 Å². The summed E-state index contributed by atoms with van der Waals surface area (Å²) in [5.74, 6) is -1.13. The summed E-state index contributed by atoms with van der Waals surface area (Å²) in [6, 6.07) is 8.41. The number of ether oxygens (including phenoxy) is 1. The van der Waals surface area contributed by atoms with E-state index in [0.717, 1.165) is 4.90 Å². The lowest BCUT2D eigenvalue weighted by Gasteiger charge is -2.26. The molecule has 1 aromatic carbocycles. The molecule has 1 amide bonds. The third-order valence-corrected chi connectivity index (χ3v) is 1.95. The molecular formula is C13H17NO4. The molecule has 0 spiro atoms. The zero-order valence-corrected chi connectivity index (χ0v) is 10.4. The lowest BCUT2D eigenvalue weighted by Crippen LogP contribution is -2.39. The van der Waals surface area contributed by atoms with Crippen LogP contribution in [0.4, 0.5) is 10.5 Å². The summed E-state index contributed by atoms with van der Waals surface area (Å²) in [5.41, 5.74) is -0.515. The molecule has 0 aliphatic heterocycles. The van der Waals surface area contributed by atoms with Crippen molar-refractivity contribution in [3.8, 4) is 0 Å². The van der Waals surface area contributed by atoms with Gasteiger partial charge in [-0.3, -0.25) is 9.69 Å². The van der Waals surface area contributed by atoms with E-state index in [4.69, 9.17) is 11.2 Å². The molecule has 1 N–H and O–H groups in total. The van der Waals surface area contributed by atoms with Crippen LogP contribution < -0.4 is 4.90 Å². The molecule has 0 radical (unpaired) electrons. The number of carbonyl (C=O) groups excluding carboxylic acids is 1. The van der Waals surface area contributed by atoms with E-state index in [-0.39, 0.29) is 6.90 Å². The molecule has 0 saturated heterocycles. The van der Waals surface area contributed by atoms with E-state index in [9.17, 15) is 9.59 Å². The van der Waals surface area contributed by atoms with Crippen LogP contribution in [0.1, 0.15) is 22.1 Å². The summed E-state index contributed by atoms with van der Waals surface area (Å²) in [4.78, 5) is 23.9. The van der Waals surface area contributed by atoms with Crippen LogP contribution >= 0.6 is 0 Å². The second kappa shape index (κ2) is 5.53. The average Bonchev–Trinajstić information content (AvgIpc) is 2.36. The fourth-order valence-electron chi connectivity index (χ4n) is 1.30. The number of para-hydroxylation sites is 1. The molecular weight excluding hydrogens is 234 g/mol. The van der Waals surface area contributed by atoms with Gasteiger partial charge in [-0.25, -0.2) is 4.79 Å². The first-order valence-corrected chi connectivity index (χ1v) is 5.42. The van der Waals surface area contributed by atoms with Gasteiger partial charge < -0.3 is 9.84 Å². The fraction of sp³-hybridized carbons (Fsp3) is 0.385. The molecule has 0 heterocycles. The quantitative estimate of drug-likeness (QED) is 0.897. The molecule has 5 heteroatoms. The minimum Gasteiger partial charge on any atom is -0.480 e. The summed E-state index contributed by atoms with van der Waals surface area (Å²) < 4.78 is 12.4. The molecule has 5 nitrogen and oxygen atoms in total. The van der Waals surface area contributed by atoms with Gasteiger partial charge in [0.05, 0.1) is 0 Å². The topological polar surface area (TPSA) is 66.8 Å². The maximum absolute atomic E-state index is 12.0. The van der Waals surface area contributed by atoms with Crippen molar-refractivity contribution in [2.45, 2.75) is 26.3 Å². The highest BCUT2D eigenvalue weighted by Crippen LogP contribution is 2.17. The SMILES string of the molecule is [2H]CC(C)(C)OC(=O)N(CC(=O)O)c1ccccc1. The first-order chi connectivity index (χ1) is 8.85. The van der Waals surface area contributed by atoms with E-state index in [1.54, 1.807) is 44.2 Å². The Balaban J connectivity index is 2.92. The van der Waals surface area contributed by atoms with Gasteiger partial charge in [0.2, 0.25) is 0 Å². The highest BCUT2D eigenvalue weighted by Gasteiger charge is 2.24. The Morgan fingerprint density at radius 1 is 1.39 bits per heavy atom. The summed E-state index contributed by atoms with van der Waals surface area (Å²) in [7, 11) is 0. The third kappa shape index (κ3) is 4.45. The van der Waals surface area contributed by atoms with Gasteiger partial charge >= 0.3 is 12.1 Å². The van der Waals surface area contributed by atoms with Gasteiger partial charge in [-0.1, -0.05) is 18.2 Å². The molecule has 98 valence electrons. The van der Waals surface area contributed by atoms with E-state index in [0.29, 0.717) is 5.69 Å². The molecule has 18 heavy (non-hydrogen) atoms. The van der Waals surface area contributed by atoms with Crippen molar-refractivity contribution in [3.05, 3.63) is 30.3 Å². The molecule has 0 fully saturated rings. The number of carboxylic acids is 1. The van der Waals surface area contributed by atoms with Gasteiger partial charge in [-0.05, 0) is 32.9 Å². The van der Waals surface area contributed by atoms with E-state index in [1.807, 2.05) is 0 Å². The van der Waals surface area contributed by atoms with Crippen molar-refractivity contribution in [2.24, 2.45) is 0 Å². The molecule has 1 rings (SSSR count). The van der Waals surface area contributed by atoms with E-state index in [2.05, 4.69) is 0 Å². The number of carbonyl (C=O) groups is 2. The van der Waals surface area contributed by atoms with Gasteiger partial charge in [-0.2, -0.15) is 0 Å². The van der Waals surface area contributed by atoms with Crippen LogP contribution in [-0.4, -0.2) is 29.3 Å². The normalized spacial score (nSPS) is 11.6. The van der Waals surface area contributed by atoms with E-state index in [1.165, 1.54) is 0 Å². The standard InChI is InChI=1S/C13H17NO4/c1-13(2,3)18-12(17)14(9-11(15)16)10-7-5-4-6-8-10/h4-8H,9H2,1-3H3,(H,15,16)/i1D. The van der Waals surface area contributed by atoms with Gasteiger partial charge in [0, 0.05) is 7.06 Å². The second-order valence-corrected chi connectivity index (χ2v) is 4.44. The van der Waals surface area contributed by atoms with Crippen molar-refractivity contribution >= 4 is 17.7 Å². The summed E-state index contributed by atoms with van der Waals surface area (Å²) in [5, 5.41) is 8.86. The van der Waals surface area contributed by atoms with Gasteiger partial charge in [-0.15, -0.1) is 0 Å². The number of aliphatic carboxylic acids is 1. The molecule has 0 aliphatic rings. The minimum atomic E-state index is -1.13. The summed E-state index contributed by atoms with van der Waals surface area (Å²) in [6.45, 7) is 2.61. The predicted octanol–water partition coefficient (Wildman–Crippen LogP) is 2.51. The molecule has 0 unspecified atom stereocenters. The zero-order chi connectivity index (χ0) is 14.5. The molecule has 0 aliphatic carbocycles. The molecule has 0 saturated carbocycles. The second-order valence-electron chi connectivity index (χ2n) is 4.44. The zero-order valence-electron chi connectivity index (χ0n) is 11.4. The molecule has 1 aromatic rings. The van der Waals surface area contributed by atoms with Crippen LogP contribution in [0, 0.1) is 0 Å².